The highest BCUT2D eigenvalue weighted by Gasteiger charge is 2.19. The quantitative estimate of drug-likeness (QED) is 0.763. The summed E-state index contributed by atoms with van der Waals surface area (Å²) in [5.41, 5.74) is 0. The van der Waals surface area contributed by atoms with Crippen LogP contribution in [0, 0.1) is 5.92 Å². The minimum Gasteiger partial charge on any atom is -0.314 e. The van der Waals surface area contributed by atoms with Crippen LogP contribution in [0.4, 0.5) is 0 Å². The number of hydrogen-bond donors (Lipinski definition) is 1. The van der Waals surface area contributed by atoms with E-state index < -0.39 is 9.84 Å². The molecule has 4 nitrogen and oxygen atoms in total. The molecule has 0 aliphatic carbocycles. The van der Waals surface area contributed by atoms with Crippen LogP contribution in [-0.4, -0.2) is 58.1 Å². The first-order chi connectivity index (χ1) is 7.37. The molecular weight excluding hydrogens is 224 g/mol. The van der Waals surface area contributed by atoms with Gasteiger partial charge in [-0.05, 0) is 39.3 Å². The molecule has 0 bridgehead atoms. The maximum atomic E-state index is 11.0. The zero-order valence-electron chi connectivity index (χ0n) is 10.6. The summed E-state index contributed by atoms with van der Waals surface area (Å²) in [7, 11) is -0.813. The van der Waals surface area contributed by atoms with Gasteiger partial charge >= 0.3 is 0 Å². The van der Waals surface area contributed by atoms with Gasteiger partial charge in [0.15, 0.2) is 0 Å². The van der Waals surface area contributed by atoms with E-state index in [2.05, 4.69) is 17.1 Å². The summed E-state index contributed by atoms with van der Waals surface area (Å²) in [6, 6.07) is 0.599. The zero-order chi connectivity index (χ0) is 12.2. The van der Waals surface area contributed by atoms with Gasteiger partial charge in [0.05, 0.1) is 5.75 Å². The third kappa shape index (κ3) is 5.82. The molecule has 5 heteroatoms. The van der Waals surface area contributed by atoms with E-state index in [0.29, 0.717) is 18.5 Å². The van der Waals surface area contributed by atoms with Crippen molar-refractivity contribution >= 4 is 9.84 Å². The fourth-order valence-corrected chi connectivity index (χ4v) is 2.90. The van der Waals surface area contributed by atoms with Crippen LogP contribution in [-0.2, 0) is 9.84 Å². The van der Waals surface area contributed by atoms with Crippen molar-refractivity contribution in [2.75, 3.05) is 38.7 Å². The molecule has 1 aliphatic rings. The molecule has 96 valence electrons. The van der Waals surface area contributed by atoms with Crippen molar-refractivity contribution in [1.82, 2.24) is 10.2 Å². The summed E-state index contributed by atoms with van der Waals surface area (Å²) in [5, 5.41) is 3.43. The second kappa shape index (κ2) is 5.98. The largest absolute Gasteiger partial charge is 0.314 e. The van der Waals surface area contributed by atoms with E-state index in [0.717, 1.165) is 13.1 Å². The smallest absolute Gasteiger partial charge is 0.148 e. The van der Waals surface area contributed by atoms with Crippen LogP contribution in [0.3, 0.4) is 0 Å². The highest BCUT2D eigenvalue weighted by atomic mass is 32.2. The number of rotatable bonds is 5. The summed E-state index contributed by atoms with van der Waals surface area (Å²) in [5.74, 6) is 0.977. The summed E-state index contributed by atoms with van der Waals surface area (Å²) in [4.78, 5) is 2.14. The van der Waals surface area contributed by atoms with Gasteiger partial charge in [0.25, 0.3) is 0 Å². The molecule has 2 unspecified atom stereocenters. The molecule has 1 heterocycles. The predicted octanol–water partition coefficient (Wildman–Crippen LogP) is 0.351. The average Bonchev–Trinajstić information content (AvgIpc) is 2.14. The molecule has 0 radical (unpaired) electrons. The van der Waals surface area contributed by atoms with Crippen LogP contribution in [0.15, 0.2) is 0 Å². The minimum absolute atomic E-state index is 0.268. The van der Waals surface area contributed by atoms with Crippen molar-refractivity contribution in [1.29, 1.82) is 0 Å². The molecule has 1 fully saturated rings. The molecule has 0 aromatic carbocycles. The van der Waals surface area contributed by atoms with E-state index in [-0.39, 0.29) is 5.75 Å². The third-order valence-electron chi connectivity index (χ3n) is 3.15. The van der Waals surface area contributed by atoms with E-state index in [1.165, 1.54) is 19.1 Å². The van der Waals surface area contributed by atoms with Gasteiger partial charge < -0.3 is 10.2 Å². The first-order valence-electron chi connectivity index (χ1n) is 5.96. The Hall–Kier alpha value is -0.130. The van der Waals surface area contributed by atoms with Crippen LogP contribution in [0.1, 0.15) is 19.8 Å². The van der Waals surface area contributed by atoms with Crippen molar-refractivity contribution in [2.45, 2.75) is 25.8 Å². The first-order valence-corrected chi connectivity index (χ1v) is 8.02. The fourth-order valence-electron chi connectivity index (χ4n) is 2.25. The Balaban J connectivity index is 2.25. The summed E-state index contributed by atoms with van der Waals surface area (Å²) < 4.78 is 22.1. The van der Waals surface area contributed by atoms with E-state index in [1.54, 1.807) is 0 Å². The van der Waals surface area contributed by atoms with Gasteiger partial charge in [0.1, 0.15) is 9.84 Å². The third-order valence-corrected chi connectivity index (χ3v) is 4.07. The highest BCUT2D eigenvalue weighted by molar-refractivity contribution is 7.90. The lowest BCUT2D eigenvalue weighted by molar-refractivity contribution is 0.227. The van der Waals surface area contributed by atoms with Gasteiger partial charge in [-0.2, -0.15) is 0 Å². The molecule has 1 N–H and O–H groups in total. The van der Waals surface area contributed by atoms with E-state index in [4.69, 9.17) is 0 Å². The van der Waals surface area contributed by atoms with Crippen molar-refractivity contribution in [3.63, 3.8) is 0 Å². The average molecular weight is 248 g/mol. The molecule has 16 heavy (non-hydrogen) atoms. The van der Waals surface area contributed by atoms with E-state index >= 15 is 0 Å². The summed E-state index contributed by atoms with van der Waals surface area (Å²) >= 11 is 0. The number of sulfone groups is 1. The normalized spacial score (nSPS) is 27.2. The second-order valence-corrected chi connectivity index (χ2v) is 7.40. The Kier molecular flexibility index (Phi) is 5.21. The molecule has 0 aromatic heterocycles. The Morgan fingerprint density at radius 3 is 2.69 bits per heavy atom. The predicted molar refractivity (Wildman–Crippen MR) is 67.4 cm³/mol. The van der Waals surface area contributed by atoms with Gasteiger partial charge in [0.2, 0.25) is 0 Å². The van der Waals surface area contributed by atoms with Crippen LogP contribution < -0.4 is 5.32 Å². The van der Waals surface area contributed by atoms with Crippen molar-refractivity contribution < 1.29 is 8.42 Å². The van der Waals surface area contributed by atoms with Crippen molar-refractivity contribution in [3.8, 4) is 0 Å². The maximum absolute atomic E-state index is 11.0. The maximum Gasteiger partial charge on any atom is 0.148 e. The van der Waals surface area contributed by atoms with Gasteiger partial charge in [-0.25, -0.2) is 8.42 Å². The Bertz CT molecular complexity index is 303. The SMILES string of the molecule is CC1CC(CN(C)CCS(C)(=O)=O)CCN1. The Morgan fingerprint density at radius 2 is 2.12 bits per heavy atom. The molecule has 1 aliphatic heterocycles. The molecule has 0 saturated carbocycles. The molecule has 0 aromatic rings. The number of piperidine rings is 1. The van der Waals surface area contributed by atoms with Crippen LogP contribution in [0.2, 0.25) is 0 Å². The number of nitrogens with zero attached hydrogens (tertiary/aromatic N) is 1. The summed E-state index contributed by atoms with van der Waals surface area (Å²) in [6.07, 6.45) is 3.70. The second-order valence-electron chi connectivity index (χ2n) is 5.14. The summed E-state index contributed by atoms with van der Waals surface area (Å²) in [6.45, 7) is 4.97. The molecule has 2 atom stereocenters. The minimum atomic E-state index is -2.82. The molecule has 1 saturated heterocycles. The Labute approximate surface area is 99.3 Å². The number of hydrogen-bond acceptors (Lipinski definition) is 4. The van der Waals surface area contributed by atoms with Crippen molar-refractivity contribution in [3.05, 3.63) is 0 Å². The highest BCUT2D eigenvalue weighted by Crippen LogP contribution is 2.16. The van der Waals surface area contributed by atoms with E-state index in [1.807, 2.05) is 7.05 Å². The van der Waals surface area contributed by atoms with Crippen LogP contribution >= 0.6 is 0 Å². The lowest BCUT2D eigenvalue weighted by Crippen LogP contribution is -2.40. The molecule has 0 spiro atoms. The monoisotopic (exact) mass is 248 g/mol. The fraction of sp³-hybridized carbons (Fsp3) is 1.00. The van der Waals surface area contributed by atoms with Crippen LogP contribution in [0.5, 0.6) is 0 Å². The molecule has 0 amide bonds. The van der Waals surface area contributed by atoms with Gasteiger partial charge in [-0.3, -0.25) is 0 Å². The number of nitrogens with one attached hydrogen (secondary N) is 1. The van der Waals surface area contributed by atoms with E-state index in [9.17, 15) is 8.42 Å². The molecular formula is C11H24N2O2S. The lowest BCUT2D eigenvalue weighted by Gasteiger charge is -2.31. The molecule has 1 rings (SSSR count). The topological polar surface area (TPSA) is 49.4 Å². The van der Waals surface area contributed by atoms with Gasteiger partial charge in [-0.1, -0.05) is 0 Å². The standard InChI is InChI=1S/C11H24N2O2S/c1-10-8-11(4-5-12-10)9-13(2)6-7-16(3,14)15/h10-12H,4-9H2,1-3H3. The zero-order valence-corrected chi connectivity index (χ0v) is 11.4. The van der Waals surface area contributed by atoms with Gasteiger partial charge in [0, 0.05) is 25.4 Å². The van der Waals surface area contributed by atoms with Crippen molar-refractivity contribution in [2.24, 2.45) is 5.92 Å². The Morgan fingerprint density at radius 1 is 1.44 bits per heavy atom. The lowest BCUT2D eigenvalue weighted by atomic mass is 9.93. The van der Waals surface area contributed by atoms with Gasteiger partial charge in [-0.15, -0.1) is 0 Å². The first kappa shape index (κ1) is 13.9. The van der Waals surface area contributed by atoms with Crippen LogP contribution in [0.25, 0.3) is 0 Å².